The molecule has 4 heterocycles. The van der Waals surface area contributed by atoms with Crippen LogP contribution in [0.4, 0.5) is 0 Å². The summed E-state index contributed by atoms with van der Waals surface area (Å²) in [5, 5.41) is 20.9. The molecule has 1 aliphatic carbocycles. The first kappa shape index (κ1) is 22.0. The number of piperidine rings is 1. The maximum absolute atomic E-state index is 13.1. The molecule has 1 aliphatic heterocycles. The lowest BCUT2D eigenvalue weighted by molar-refractivity contribution is -0.0300. The minimum Gasteiger partial charge on any atom is -0.388 e. The number of halogens is 1. The van der Waals surface area contributed by atoms with Crippen LogP contribution in [0.15, 0.2) is 53.8 Å². The van der Waals surface area contributed by atoms with Gasteiger partial charge in [0.2, 0.25) is 0 Å². The largest absolute Gasteiger partial charge is 0.388 e. The lowest BCUT2D eigenvalue weighted by Gasteiger charge is -2.38. The van der Waals surface area contributed by atoms with E-state index in [1.807, 2.05) is 10.9 Å². The quantitative estimate of drug-likeness (QED) is 0.457. The Morgan fingerprint density at radius 3 is 2.60 bits per heavy atom. The zero-order valence-corrected chi connectivity index (χ0v) is 19.7. The zero-order valence-electron chi connectivity index (χ0n) is 18.9. The van der Waals surface area contributed by atoms with Gasteiger partial charge in [0.15, 0.2) is 5.65 Å². The van der Waals surface area contributed by atoms with E-state index in [-0.39, 0.29) is 18.0 Å². The normalized spacial score (nSPS) is 17.7. The number of aliphatic hydroxyl groups is 1. The molecule has 2 fully saturated rings. The summed E-state index contributed by atoms with van der Waals surface area (Å²) in [5.41, 5.74) is 0.229. The predicted molar refractivity (Wildman–Crippen MR) is 129 cm³/mol. The zero-order chi connectivity index (χ0) is 24.2. The Kier molecular flexibility index (Phi) is 5.23. The van der Waals surface area contributed by atoms with Crippen molar-refractivity contribution in [3.8, 4) is 5.69 Å². The average molecular weight is 494 g/mol. The highest BCUT2D eigenvalue weighted by Crippen LogP contribution is 2.34. The van der Waals surface area contributed by atoms with Gasteiger partial charge >= 0.3 is 0 Å². The fourth-order valence-electron chi connectivity index (χ4n) is 4.59. The number of fused-ring (bicyclic) bond motifs is 1. The monoisotopic (exact) mass is 493 g/mol. The number of amides is 1. The fraction of sp³-hybridized carbons (Fsp3) is 0.375. The Morgan fingerprint density at radius 2 is 1.89 bits per heavy atom. The maximum Gasteiger partial charge on any atom is 0.274 e. The van der Waals surface area contributed by atoms with Crippen molar-refractivity contribution in [2.75, 3.05) is 13.1 Å². The van der Waals surface area contributed by atoms with Crippen LogP contribution in [0.1, 0.15) is 42.2 Å². The fourth-order valence-corrected chi connectivity index (χ4v) is 4.72. The molecular weight excluding hydrogens is 470 g/mol. The first-order valence-corrected chi connectivity index (χ1v) is 12.0. The molecule has 2 aliphatic rings. The van der Waals surface area contributed by atoms with Crippen LogP contribution in [0.5, 0.6) is 0 Å². The molecule has 0 atom stereocenters. The lowest BCUT2D eigenvalue weighted by atomic mass is 9.91. The van der Waals surface area contributed by atoms with E-state index in [1.54, 1.807) is 39.9 Å². The third kappa shape index (κ3) is 4.12. The van der Waals surface area contributed by atoms with Crippen molar-refractivity contribution in [2.24, 2.45) is 0 Å². The van der Waals surface area contributed by atoms with Gasteiger partial charge in [0, 0.05) is 24.3 Å². The molecule has 1 N–H and O–H groups in total. The third-order valence-electron chi connectivity index (χ3n) is 6.82. The first-order valence-electron chi connectivity index (χ1n) is 11.7. The van der Waals surface area contributed by atoms with Gasteiger partial charge in [-0.1, -0.05) is 11.6 Å². The molecular formula is C24H24ClN7O3. The molecule has 6 rings (SSSR count). The van der Waals surface area contributed by atoms with Crippen LogP contribution in [-0.2, 0) is 6.54 Å². The Hall–Kier alpha value is -3.50. The molecule has 1 amide bonds. The first-order chi connectivity index (χ1) is 16.9. The van der Waals surface area contributed by atoms with Gasteiger partial charge in [-0.05, 0) is 56.0 Å². The van der Waals surface area contributed by atoms with Gasteiger partial charge in [-0.3, -0.25) is 18.8 Å². The summed E-state index contributed by atoms with van der Waals surface area (Å²) in [5.74, 6) is -0.124. The summed E-state index contributed by atoms with van der Waals surface area (Å²) in [6.45, 7) is 0.883. The molecule has 0 unspecified atom stereocenters. The van der Waals surface area contributed by atoms with Crippen molar-refractivity contribution < 1.29 is 9.90 Å². The average Bonchev–Trinajstić information content (AvgIpc) is 3.42. The molecule has 11 heteroatoms. The number of aromatic nitrogens is 6. The van der Waals surface area contributed by atoms with Gasteiger partial charge in [0.25, 0.3) is 11.5 Å². The van der Waals surface area contributed by atoms with Crippen molar-refractivity contribution in [1.29, 1.82) is 0 Å². The Morgan fingerprint density at radius 1 is 1.14 bits per heavy atom. The molecule has 4 aromatic rings. The highest BCUT2D eigenvalue weighted by molar-refractivity contribution is 6.30. The van der Waals surface area contributed by atoms with Crippen molar-refractivity contribution in [3.63, 3.8) is 0 Å². The summed E-state index contributed by atoms with van der Waals surface area (Å²) < 4.78 is 4.86. The van der Waals surface area contributed by atoms with E-state index in [0.29, 0.717) is 53.7 Å². The number of benzene rings is 1. The van der Waals surface area contributed by atoms with Gasteiger partial charge in [0.05, 0.1) is 30.1 Å². The molecule has 0 spiro atoms. The van der Waals surface area contributed by atoms with Crippen molar-refractivity contribution >= 4 is 28.5 Å². The highest BCUT2D eigenvalue weighted by Gasteiger charge is 2.36. The number of nitrogens with zero attached hydrogens (tertiary/aromatic N) is 7. The molecule has 35 heavy (non-hydrogen) atoms. The minimum absolute atomic E-state index is 0.0965. The maximum atomic E-state index is 13.1. The van der Waals surface area contributed by atoms with Crippen LogP contribution in [0, 0.1) is 0 Å². The summed E-state index contributed by atoms with van der Waals surface area (Å²) in [4.78, 5) is 32.1. The molecule has 1 saturated heterocycles. The number of hydrogen-bond donors (Lipinski definition) is 1. The van der Waals surface area contributed by atoms with Crippen LogP contribution in [0.2, 0.25) is 5.02 Å². The molecule has 0 bridgehead atoms. The van der Waals surface area contributed by atoms with Crippen LogP contribution in [-0.4, -0.2) is 63.7 Å². The van der Waals surface area contributed by atoms with Crippen molar-refractivity contribution in [1.82, 2.24) is 34.0 Å². The van der Waals surface area contributed by atoms with Gasteiger partial charge in [-0.25, -0.2) is 9.67 Å². The smallest absolute Gasteiger partial charge is 0.274 e. The van der Waals surface area contributed by atoms with Crippen LogP contribution < -0.4 is 5.56 Å². The predicted octanol–water partition coefficient (Wildman–Crippen LogP) is 2.43. The summed E-state index contributed by atoms with van der Waals surface area (Å²) in [7, 11) is 0. The van der Waals surface area contributed by atoms with Gasteiger partial charge < -0.3 is 10.0 Å². The van der Waals surface area contributed by atoms with Crippen molar-refractivity contribution in [2.45, 2.75) is 43.9 Å². The second kappa shape index (κ2) is 8.31. The van der Waals surface area contributed by atoms with Crippen LogP contribution >= 0.6 is 11.6 Å². The number of hydrogen-bond acceptors (Lipinski definition) is 6. The van der Waals surface area contributed by atoms with Gasteiger partial charge in [-0.15, -0.1) is 0 Å². The summed E-state index contributed by atoms with van der Waals surface area (Å²) in [6.07, 6.45) is 7.71. The van der Waals surface area contributed by atoms with Crippen LogP contribution in [0.25, 0.3) is 16.7 Å². The Bertz CT molecular complexity index is 1460. The number of likely N-dealkylation sites (tertiary alicyclic amines) is 1. The van der Waals surface area contributed by atoms with E-state index in [9.17, 15) is 14.7 Å². The Labute approximate surface area is 205 Å². The van der Waals surface area contributed by atoms with E-state index in [1.165, 1.54) is 17.1 Å². The SMILES string of the molecule is O=C(c1ccn(C2CC2)n1)N1CCC(O)(Cn2cnc3c(cnn3-c3ccc(Cl)cc3)c2=O)CC1. The standard InChI is InChI=1S/C24H24ClN7O3/c25-16-1-3-18(4-2-16)32-21-19(13-27-32)22(33)30(15-26-21)14-24(35)8-11-29(12-9-24)23(34)20-7-10-31(28-20)17-5-6-17/h1-4,7,10,13,15,17,35H,5-6,8-9,11-12,14H2. The second-order valence-corrected chi connectivity index (χ2v) is 9.81. The second-order valence-electron chi connectivity index (χ2n) is 9.38. The number of carbonyl (C=O) groups excluding carboxylic acids is 1. The third-order valence-corrected chi connectivity index (χ3v) is 7.07. The molecule has 1 saturated carbocycles. The van der Waals surface area contributed by atoms with E-state index < -0.39 is 5.60 Å². The van der Waals surface area contributed by atoms with Crippen LogP contribution in [0.3, 0.4) is 0 Å². The molecule has 0 radical (unpaired) electrons. The van der Waals surface area contributed by atoms with E-state index in [4.69, 9.17) is 11.6 Å². The molecule has 180 valence electrons. The lowest BCUT2D eigenvalue weighted by Crippen LogP contribution is -2.49. The van der Waals surface area contributed by atoms with E-state index >= 15 is 0 Å². The summed E-state index contributed by atoms with van der Waals surface area (Å²) >= 11 is 5.97. The highest BCUT2D eigenvalue weighted by atomic mass is 35.5. The van der Waals surface area contributed by atoms with E-state index in [0.717, 1.165) is 18.5 Å². The topological polar surface area (TPSA) is 111 Å². The Balaban J connectivity index is 1.16. The molecule has 10 nitrogen and oxygen atoms in total. The number of carbonyl (C=O) groups is 1. The summed E-state index contributed by atoms with van der Waals surface area (Å²) in [6, 6.07) is 9.28. The van der Waals surface area contributed by atoms with E-state index in [2.05, 4.69) is 15.2 Å². The molecule has 1 aromatic carbocycles. The van der Waals surface area contributed by atoms with Gasteiger partial charge in [-0.2, -0.15) is 10.2 Å². The number of rotatable bonds is 5. The minimum atomic E-state index is -1.12. The van der Waals surface area contributed by atoms with Crippen molar-refractivity contribution in [3.05, 3.63) is 70.1 Å². The van der Waals surface area contributed by atoms with Gasteiger partial charge in [0.1, 0.15) is 17.4 Å². The molecule has 3 aromatic heterocycles.